The summed E-state index contributed by atoms with van der Waals surface area (Å²) in [6, 6.07) is 3.89. The second-order valence-corrected chi connectivity index (χ2v) is 11.6. The Morgan fingerprint density at radius 3 is 1.38 bits per heavy atom. The maximum absolute atomic E-state index is 12.0. The number of carboxylic acid groups (broad SMARTS) is 1. The molecule has 0 fully saturated rings. The first-order chi connectivity index (χ1) is 21.2. The minimum absolute atomic E-state index is 0. The maximum atomic E-state index is 12.0. The monoisotopic (exact) mass is 740 g/mol. The van der Waals surface area contributed by atoms with E-state index in [0.717, 1.165) is 6.07 Å². The summed E-state index contributed by atoms with van der Waals surface area (Å²) in [5.74, 6) is -3.85. The van der Waals surface area contributed by atoms with Crippen LogP contribution in [0.5, 0.6) is 0 Å². The number of benzene rings is 1. The summed E-state index contributed by atoms with van der Waals surface area (Å²) in [5, 5.41) is 46.2. The Bertz CT molecular complexity index is 1710. The second-order valence-electron chi connectivity index (χ2n) is 8.59. The molecule has 3 rings (SSSR count). The molecule has 0 aliphatic rings. The molecular formula is C21H27N12Na3O10S2. The molecule has 0 saturated carbocycles. The summed E-state index contributed by atoms with van der Waals surface area (Å²) in [5.41, 5.74) is -0.284. The zero-order chi connectivity index (χ0) is 33.0. The van der Waals surface area contributed by atoms with Crippen molar-refractivity contribution in [3.63, 3.8) is 0 Å². The third-order valence-electron chi connectivity index (χ3n) is 5.07. The van der Waals surface area contributed by atoms with Crippen LogP contribution in [0.15, 0.2) is 18.2 Å². The number of nitrogens with zero attached hydrogens (tertiary/aromatic N) is 6. The van der Waals surface area contributed by atoms with E-state index in [0.29, 0.717) is 0 Å². The fraction of sp³-hybridized carbons (Fsp3) is 0.381. The predicted octanol–water partition coefficient (Wildman–Crippen LogP) is -12.4. The van der Waals surface area contributed by atoms with Gasteiger partial charge in [0, 0.05) is 37.4 Å². The molecule has 0 bridgehead atoms. The number of nitrogens with one attached hydrogen (secondary N) is 6. The van der Waals surface area contributed by atoms with Crippen LogP contribution in [0.1, 0.15) is 10.4 Å². The van der Waals surface area contributed by atoms with Gasteiger partial charge in [-0.05, 0) is 18.2 Å². The number of carbonyl (C=O) groups is 1. The number of aromatic carboxylic acids is 1. The molecule has 0 atom stereocenters. The van der Waals surface area contributed by atoms with E-state index in [1.54, 1.807) is 0 Å². The van der Waals surface area contributed by atoms with Gasteiger partial charge in [-0.2, -0.15) is 29.9 Å². The Kier molecular flexibility index (Phi) is 21.3. The van der Waals surface area contributed by atoms with E-state index in [-0.39, 0.29) is 181 Å². The van der Waals surface area contributed by atoms with Gasteiger partial charge in [0.25, 0.3) is 0 Å². The first-order valence-electron chi connectivity index (χ1n) is 12.7. The number of anilines is 8. The first-order valence-corrected chi connectivity index (χ1v) is 15.9. The van der Waals surface area contributed by atoms with Crippen LogP contribution in [0.2, 0.25) is 0 Å². The number of hydrogen-bond donors (Lipinski definition) is 8. The van der Waals surface area contributed by atoms with E-state index in [4.69, 9.17) is 10.2 Å². The van der Waals surface area contributed by atoms with E-state index in [1.807, 2.05) is 0 Å². The zero-order valence-corrected chi connectivity index (χ0v) is 33.7. The van der Waals surface area contributed by atoms with Crippen LogP contribution >= 0.6 is 0 Å². The molecule has 0 aliphatic heterocycles. The Labute approximate surface area is 340 Å². The van der Waals surface area contributed by atoms with Crippen LogP contribution in [-0.4, -0.2) is 123 Å². The van der Waals surface area contributed by atoms with E-state index in [2.05, 4.69) is 61.8 Å². The Hall–Kier alpha value is -1.75. The van der Waals surface area contributed by atoms with Gasteiger partial charge in [-0.1, -0.05) is 0 Å². The van der Waals surface area contributed by atoms with Crippen LogP contribution in [0.4, 0.5) is 47.1 Å². The molecule has 2 heterocycles. The number of aliphatic hydroxyl groups is 2. The molecule has 0 unspecified atom stereocenters. The molecule has 0 spiro atoms. The number of aliphatic hydroxyl groups excluding tert-OH is 2. The summed E-state index contributed by atoms with van der Waals surface area (Å²) >= 11 is 0. The van der Waals surface area contributed by atoms with E-state index < -0.39 is 37.7 Å². The van der Waals surface area contributed by atoms with Gasteiger partial charge in [-0.25, -0.2) is 16.8 Å². The summed E-state index contributed by atoms with van der Waals surface area (Å²) in [7, 11) is -9.04. The minimum Gasteiger partial charge on any atom is -0.748 e. The third-order valence-corrected chi connectivity index (χ3v) is 6.48. The van der Waals surface area contributed by atoms with Gasteiger partial charge in [0.15, 0.2) is 0 Å². The van der Waals surface area contributed by atoms with Gasteiger partial charge in [-0.3, -0.25) is 0 Å². The van der Waals surface area contributed by atoms with Gasteiger partial charge >= 0.3 is 88.7 Å². The smallest absolute Gasteiger partial charge is 0.748 e. The van der Waals surface area contributed by atoms with Crippen LogP contribution in [-0.2, 0) is 20.2 Å². The van der Waals surface area contributed by atoms with E-state index >= 15 is 0 Å². The molecule has 2 aromatic heterocycles. The number of aromatic nitrogens is 6. The van der Waals surface area contributed by atoms with Crippen molar-refractivity contribution in [2.75, 3.05) is 82.8 Å². The molecule has 0 saturated heterocycles. The minimum atomic E-state index is -4.53. The van der Waals surface area contributed by atoms with Crippen LogP contribution in [0.25, 0.3) is 0 Å². The summed E-state index contributed by atoms with van der Waals surface area (Å²) < 4.78 is 65.4. The molecule has 48 heavy (non-hydrogen) atoms. The van der Waals surface area contributed by atoms with Gasteiger partial charge in [0.05, 0.1) is 56.6 Å². The molecule has 0 amide bonds. The standard InChI is InChI=1S/C21H30N12O10S2.3Na/c34-7-3-22-16-28-18(24-5-9-44(38,39)40)31-20(30-16)26-12-1-2-14(13(11-12)15(36)37)27-21-32-17(23-4-8-35)29-19(33-21)25-6-10-45(41,42)43;;;/h1-2,11,34-35H,3-10H2,(H,36,37)(H,38,39,40)(H,41,42,43)(H3,22,24,26,28,30,31)(H3,23,25,27,29,32,33);;;/q;3*+1/p-3. The van der Waals surface area contributed by atoms with E-state index in [9.17, 15) is 35.8 Å². The quantitative estimate of drug-likeness (QED) is 0.0418. The fourth-order valence-electron chi connectivity index (χ4n) is 3.24. The average Bonchev–Trinajstić information content (AvgIpc) is 2.94. The molecule has 0 radical (unpaired) electrons. The van der Waals surface area contributed by atoms with Crippen LogP contribution in [0.3, 0.4) is 0 Å². The molecule has 3 aromatic rings. The summed E-state index contributed by atoms with van der Waals surface area (Å²) in [4.78, 5) is 36.3. The largest absolute Gasteiger partial charge is 1.00 e. The van der Waals surface area contributed by atoms with Crippen LogP contribution in [0, 0.1) is 0 Å². The van der Waals surface area contributed by atoms with Crippen molar-refractivity contribution in [3.8, 4) is 0 Å². The van der Waals surface area contributed by atoms with Crippen molar-refractivity contribution in [1.29, 1.82) is 0 Å². The fourth-order valence-corrected chi connectivity index (χ4v) is 3.94. The predicted molar refractivity (Wildman–Crippen MR) is 154 cm³/mol. The Balaban J connectivity index is 0.00000736. The van der Waals surface area contributed by atoms with Gasteiger partial charge < -0.3 is 61.1 Å². The normalized spacial score (nSPS) is 10.8. The molecule has 8 N–H and O–H groups in total. The van der Waals surface area contributed by atoms with Gasteiger partial charge in [0.1, 0.15) is 0 Å². The second kappa shape index (κ2) is 22.1. The average molecular weight is 741 g/mol. The topological polar surface area (TPSA) is 345 Å². The van der Waals surface area contributed by atoms with Crippen molar-refractivity contribution < 1.29 is 135 Å². The van der Waals surface area contributed by atoms with Crippen molar-refractivity contribution in [2.24, 2.45) is 0 Å². The first kappa shape index (κ1) is 46.2. The summed E-state index contributed by atoms with van der Waals surface area (Å²) in [6.07, 6.45) is 0. The SMILES string of the molecule is O=C([O-])c1cc(Nc2nc(NCCO)nc(NCCS(=O)(=O)[O-])n2)ccc1Nc1nc(NCCO)nc(NCCS(=O)(=O)[O-])n1.[Na+].[Na+].[Na+]. The maximum Gasteiger partial charge on any atom is 1.00 e. The van der Waals surface area contributed by atoms with Crippen molar-refractivity contribution in [3.05, 3.63) is 23.8 Å². The number of carboxylic acids is 1. The van der Waals surface area contributed by atoms with Crippen molar-refractivity contribution in [2.45, 2.75) is 0 Å². The summed E-state index contributed by atoms with van der Waals surface area (Å²) in [6.45, 7) is -1.11. The van der Waals surface area contributed by atoms with Gasteiger partial charge in [0.2, 0.25) is 35.7 Å². The molecule has 27 heteroatoms. The number of hydrogen-bond acceptors (Lipinski definition) is 22. The molecular weight excluding hydrogens is 713 g/mol. The van der Waals surface area contributed by atoms with Crippen molar-refractivity contribution >= 4 is 73.3 Å². The Morgan fingerprint density at radius 2 is 1.00 bits per heavy atom. The van der Waals surface area contributed by atoms with Crippen molar-refractivity contribution in [1.82, 2.24) is 29.9 Å². The molecule has 22 nitrogen and oxygen atoms in total. The third kappa shape index (κ3) is 17.3. The number of carbonyl (C=O) groups excluding carboxylic acids is 1. The number of rotatable bonds is 19. The van der Waals surface area contributed by atoms with Crippen LogP contribution < -0.4 is 126 Å². The molecule has 1 aromatic carbocycles. The zero-order valence-electron chi connectivity index (χ0n) is 26.0. The molecule has 0 aliphatic carbocycles. The van der Waals surface area contributed by atoms with E-state index in [1.165, 1.54) is 12.1 Å². The Morgan fingerprint density at radius 1 is 0.625 bits per heavy atom. The molecule has 246 valence electrons. The van der Waals surface area contributed by atoms with Gasteiger partial charge in [-0.15, -0.1) is 0 Å².